The number of ketones is 1. The van der Waals surface area contributed by atoms with E-state index in [-0.39, 0.29) is 23.7 Å². The highest BCUT2D eigenvalue weighted by molar-refractivity contribution is 6.02. The highest BCUT2D eigenvalue weighted by atomic mass is 16.5. The minimum atomic E-state index is -0.491. The van der Waals surface area contributed by atoms with Gasteiger partial charge in [0.25, 0.3) is 0 Å². The Bertz CT molecular complexity index is 1350. The van der Waals surface area contributed by atoms with Gasteiger partial charge in [-0.05, 0) is 41.7 Å². The van der Waals surface area contributed by atoms with E-state index in [1.807, 2.05) is 65.6 Å². The van der Waals surface area contributed by atoms with Crippen LogP contribution in [-0.4, -0.2) is 30.3 Å². The van der Waals surface area contributed by atoms with Crippen molar-refractivity contribution in [2.75, 3.05) is 23.9 Å². The van der Waals surface area contributed by atoms with Crippen LogP contribution in [0.5, 0.6) is 5.75 Å². The van der Waals surface area contributed by atoms with Crippen molar-refractivity contribution in [2.24, 2.45) is 5.41 Å². The van der Waals surface area contributed by atoms with E-state index in [4.69, 9.17) is 4.74 Å². The monoisotopic (exact) mass is 496 g/mol. The molecular weight excluding hydrogens is 464 g/mol. The number of methoxy groups -OCH3 is 1. The van der Waals surface area contributed by atoms with Crippen molar-refractivity contribution in [2.45, 2.75) is 39.3 Å². The van der Waals surface area contributed by atoms with Gasteiger partial charge in [-0.3, -0.25) is 14.6 Å². The van der Waals surface area contributed by atoms with Gasteiger partial charge in [-0.15, -0.1) is 0 Å². The minimum Gasteiger partial charge on any atom is -0.496 e. The van der Waals surface area contributed by atoms with Gasteiger partial charge in [0.1, 0.15) is 5.75 Å². The van der Waals surface area contributed by atoms with Crippen LogP contribution in [0.15, 0.2) is 84.3 Å². The molecule has 2 N–H and O–H groups in total. The Morgan fingerprint density at radius 3 is 2.68 bits per heavy atom. The highest BCUT2D eigenvalue weighted by Crippen LogP contribution is 2.49. The lowest BCUT2D eigenvalue weighted by Gasteiger charge is -2.38. The molecule has 0 spiro atoms. The van der Waals surface area contributed by atoms with Crippen LogP contribution in [0.1, 0.15) is 43.9 Å². The summed E-state index contributed by atoms with van der Waals surface area (Å²) in [7, 11) is 1.63. The smallest absolute Gasteiger partial charge is 0.239 e. The highest BCUT2D eigenvalue weighted by Gasteiger charge is 2.42. The van der Waals surface area contributed by atoms with Crippen LogP contribution in [0, 0.1) is 5.41 Å². The van der Waals surface area contributed by atoms with Crippen molar-refractivity contribution < 1.29 is 14.3 Å². The molecule has 1 aliphatic carbocycles. The molecule has 2 aromatic carbocycles. The van der Waals surface area contributed by atoms with Gasteiger partial charge in [-0.2, -0.15) is 0 Å². The molecule has 0 saturated carbocycles. The average Bonchev–Trinajstić information content (AvgIpc) is 3.01. The number of nitrogens with one attached hydrogen (secondary N) is 2. The molecule has 7 heteroatoms. The number of nitrogens with zero attached hydrogens (tertiary/aromatic N) is 2. The third-order valence-electron chi connectivity index (χ3n) is 6.96. The van der Waals surface area contributed by atoms with E-state index < -0.39 is 6.04 Å². The van der Waals surface area contributed by atoms with E-state index >= 15 is 0 Å². The van der Waals surface area contributed by atoms with E-state index in [0.29, 0.717) is 24.3 Å². The molecule has 37 heavy (non-hydrogen) atoms. The molecule has 2 heterocycles. The number of carbonyl (C=O) groups is 2. The van der Waals surface area contributed by atoms with E-state index in [0.717, 1.165) is 34.6 Å². The molecule has 3 aromatic rings. The number of Topliss-reactive ketones (excluding diaryl/α,β-unsaturated/α-hetero) is 1. The Hall–Kier alpha value is -4.13. The van der Waals surface area contributed by atoms with Gasteiger partial charge in [0.15, 0.2) is 5.78 Å². The molecule has 0 bridgehead atoms. The van der Waals surface area contributed by atoms with E-state index in [9.17, 15) is 9.59 Å². The first-order valence-corrected chi connectivity index (χ1v) is 12.5. The molecule has 0 saturated heterocycles. The van der Waals surface area contributed by atoms with E-state index in [1.54, 1.807) is 19.5 Å². The van der Waals surface area contributed by atoms with Gasteiger partial charge in [-0.25, -0.2) is 0 Å². The lowest BCUT2D eigenvalue weighted by Crippen LogP contribution is -2.42. The Labute approximate surface area is 217 Å². The Morgan fingerprint density at radius 2 is 1.89 bits per heavy atom. The largest absolute Gasteiger partial charge is 0.496 e. The zero-order valence-electron chi connectivity index (χ0n) is 21.5. The fraction of sp³-hybridized carbons (Fsp3) is 0.300. The maximum atomic E-state index is 13.8. The van der Waals surface area contributed by atoms with Gasteiger partial charge in [0.05, 0.1) is 31.1 Å². The molecule has 0 fully saturated rings. The van der Waals surface area contributed by atoms with Gasteiger partial charge in [-0.1, -0.05) is 50.2 Å². The SMILES string of the molecule is COc1ccccc1C1C2=C(CC(C)(C)CC2=O)Nc2ccccc2N1CC(=O)NCc1cccnc1. The predicted octanol–water partition coefficient (Wildman–Crippen LogP) is 5.02. The van der Waals surface area contributed by atoms with Crippen LogP contribution in [0.2, 0.25) is 0 Å². The molecule has 2 aliphatic rings. The zero-order chi connectivity index (χ0) is 26.0. The number of ether oxygens (including phenoxy) is 1. The van der Waals surface area contributed by atoms with Gasteiger partial charge in [0, 0.05) is 42.2 Å². The summed E-state index contributed by atoms with van der Waals surface area (Å²) >= 11 is 0. The lowest BCUT2D eigenvalue weighted by atomic mass is 9.73. The fourth-order valence-electron chi connectivity index (χ4n) is 5.36. The van der Waals surface area contributed by atoms with Crippen molar-refractivity contribution in [1.29, 1.82) is 0 Å². The van der Waals surface area contributed by atoms with Gasteiger partial charge in [0.2, 0.25) is 5.91 Å². The number of aromatic nitrogens is 1. The molecule has 1 unspecified atom stereocenters. The maximum absolute atomic E-state index is 13.8. The first-order valence-electron chi connectivity index (χ1n) is 12.5. The normalized spacial score (nSPS) is 18.3. The number of benzene rings is 2. The van der Waals surface area contributed by atoms with Crippen LogP contribution in [0.3, 0.4) is 0 Å². The van der Waals surface area contributed by atoms with Crippen LogP contribution in [-0.2, 0) is 16.1 Å². The predicted molar refractivity (Wildman–Crippen MR) is 144 cm³/mol. The van der Waals surface area contributed by atoms with Crippen LogP contribution >= 0.6 is 0 Å². The molecule has 190 valence electrons. The van der Waals surface area contributed by atoms with Crippen molar-refractivity contribution in [3.63, 3.8) is 0 Å². The summed E-state index contributed by atoms with van der Waals surface area (Å²) in [6.45, 7) is 4.68. The number of para-hydroxylation sites is 3. The lowest BCUT2D eigenvalue weighted by molar-refractivity contribution is -0.121. The molecule has 1 amide bonds. The number of allylic oxidation sites excluding steroid dienone is 1. The van der Waals surface area contributed by atoms with Crippen molar-refractivity contribution in [3.05, 3.63) is 95.5 Å². The number of carbonyl (C=O) groups excluding carboxylic acids is 2. The van der Waals surface area contributed by atoms with Crippen molar-refractivity contribution in [3.8, 4) is 5.75 Å². The van der Waals surface area contributed by atoms with Gasteiger partial charge < -0.3 is 20.3 Å². The maximum Gasteiger partial charge on any atom is 0.239 e. The molecule has 5 rings (SSSR count). The number of pyridine rings is 1. The number of anilines is 2. The second kappa shape index (κ2) is 10.1. The Balaban J connectivity index is 1.61. The zero-order valence-corrected chi connectivity index (χ0v) is 21.5. The molecule has 0 radical (unpaired) electrons. The van der Waals surface area contributed by atoms with Crippen LogP contribution in [0.4, 0.5) is 11.4 Å². The minimum absolute atomic E-state index is 0.0646. The second-order valence-electron chi connectivity index (χ2n) is 10.4. The van der Waals surface area contributed by atoms with Crippen molar-refractivity contribution in [1.82, 2.24) is 10.3 Å². The summed E-state index contributed by atoms with van der Waals surface area (Å²) < 4.78 is 5.75. The topological polar surface area (TPSA) is 83.6 Å². The first-order chi connectivity index (χ1) is 17.9. The molecule has 1 atom stereocenters. The summed E-state index contributed by atoms with van der Waals surface area (Å²) in [5.74, 6) is 0.617. The third-order valence-corrected chi connectivity index (χ3v) is 6.96. The molecular formula is C30H32N4O3. The quantitative estimate of drug-likeness (QED) is 0.499. The summed E-state index contributed by atoms with van der Waals surface area (Å²) in [5, 5.41) is 6.60. The number of hydrogen-bond donors (Lipinski definition) is 2. The van der Waals surface area contributed by atoms with E-state index in [1.165, 1.54) is 0 Å². The molecule has 1 aromatic heterocycles. The average molecular weight is 497 g/mol. The second-order valence-corrected chi connectivity index (χ2v) is 10.4. The van der Waals surface area contributed by atoms with E-state index in [2.05, 4.69) is 29.5 Å². The summed E-state index contributed by atoms with van der Waals surface area (Å²) in [4.78, 5) is 33.3. The Morgan fingerprint density at radius 1 is 1.11 bits per heavy atom. The Kier molecular flexibility index (Phi) is 6.70. The van der Waals surface area contributed by atoms with Crippen LogP contribution < -0.4 is 20.3 Å². The number of rotatable bonds is 6. The standard InChI is InChI=1S/C30H32N4O3/c1-30(2)15-23-28(25(35)16-30)29(21-10-4-7-13-26(21)37-3)34(24-12-6-5-11-22(24)33-23)19-27(36)32-18-20-9-8-14-31-17-20/h4-14,17,29,33H,15-16,18-19H2,1-3H3,(H,32,36). The summed E-state index contributed by atoms with van der Waals surface area (Å²) in [5.41, 5.74) is 4.93. The molecule has 1 aliphatic heterocycles. The number of fused-ring (bicyclic) bond motifs is 1. The summed E-state index contributed by atoms with van der Waals surface area (Å²) in [6.07, 6.45) is 4.62. The van der Waals surface area contributed by atoms with Crippen molar-refractivity contribution >= 4 is 23.1 Å². The number of amides is 1. The molecule has 7 nitrogen and oxygen atoms in total. The fourth-order valence-corrected chi connectivity index (χ4v) is 5.36. The summed E-state index contributed by atoms with van der Waals surface area (Å²) in [6, 6.07) is 18.9. The first kappa shape index (κ1) is 24.6. The van der Waals surface area contributed by atoms with Crippen LogP contribution in [0.25, 0.3) is 0 Å². The van der Waals surface area contributed by atoms with Gasteiger partial charge >= 0.3 is 0 Å². The third kappa shape index (κ3) is 5.07. The number of hydrogen-bond acceptors (Lipinski definition) is 6.